The minimum Gasteiger partial charge on any atom is -0.352 e. The number of amides is 1. The van der Waals surface area contributed by atoms with Gasteiger partial charge in [0.1, 0.15) is 0 Å². The van der Waals surface area contributed by atoms with Crippen LogP contribution in [0.2, 0.25) is 0 Å². The third-order valence-electron chi connectivity index (χ3n) is 3.28. The van der Waals surface area contributed by atoms with Gasteiger partial charge >= 0.3 is 0 Å². The Labute approximate surface area is 105 Å². The van der Waals surface area contributed by atoms with Gasteiger partial charge in [-0.1, -0.05) is 27.7 Å². The van der Waals surface area contributed by atoms with E-state index in [1.54, 1.807) is 0 Å². The molecule has 94 valence electrons. The number of carbonyl (C=O) groups excluding carboxylic acids is 1. The molecule has 0 aromatic heterocycles. The van der Waals surface area contributed by atoms with Crippen LogP contribution in [0.4, 0.5) is 0 Å². The van der Waals surface area contributed by atoms with Crippen molar-refractivity contribution >= 4 is 18.5 Å². The summed E-state index contributed by atoms with van der Waals surface area (Å²) in [5, 5.41) is 2.90. The molecule has 1 aliphatic carbocycles. The molecule has 1 amide bonds. The zero-order valence-corrected chi connectivity index (χ0v) is 12.0. The standard InChI is InChI=1S/C13H25NOS/c1-9(16)11(15)14-10-6-12(2,3)8-13(4,5)7-10/h9-10,16H,6-8H2,1-5H3,(H,14,15). The predicted octanol–water partition coefficient (Wildman–Crippen LogP) is 3.03. The summed E-state index contributed by atoms with van der Waals surface area (Å²) in [6, 6.07) is 0.306. The highest BCUT2D eigenvalue weighted by Gasteiger charge is 2.38. The van der Waals surface area contributed by atoms with Crippen molar-refractivity contribution < 1.29 is 4.79 Å². The molecule has 0 aliphatic heterocycles. The smallest absolute Gasteiger partial charge is 0.232 e. The number of hydrogen-bond donors (Lipinski definition) is 2. The molecule has 1 aliphatic rings. The normalized spacial score (nSPS) is 26.1. The quantitative estimate of drug-likeness (QED) is 0.717. The fraction of sp³-hybridized carbons (Fsp3) is 0.923. The lowest BCUT2D eigenvalue weighted by molar-refractivity contribution is -0.121. The van der Waals surface area contributed by atoms with E-state index >= 15 is 0 Å². The number of rotatable bonds is 2. The second-order valence-corrected chi connectivity index (χ2v) is 7.57. The Balaban J connectivity index is 2.64. The molecule has 0 radical (unpaired) electrons. The molecule has 0 bridgehead atoms. The Morgan fingerprint density at radius 1 is 1.25 bits per heavy atom. The minimum absolute atomic E-state index is 0.0573. The van der Waals surface area contributed by atoms with Crippen molar-refractivity contribution in [1.82, 2.24) is 5.32 Å². The molecule has 16 heavy (non-hydrogen) atoms. The van der Waals surface area contributed by atoms with Gasteiger partial charge in [0.25, 0.3) is 0 Å². The molecule has 0 spiro atoms. The highest BCUT2D eigenvalue weighted by atomic mass is 32.1. The molecule has 3 heteroatoms. The van der Waals surface area contributed by atoms with E-state index in [4.69, 9.17) is 0 Å². The average molecular weight is 243 g/mol. The summed E-state index contributed by atoms with van der Waals surface area (Å²) in [6.07, 6.45) is 3.37. The van der Waals surface area contributed by atoms with E-state index in [9.17, 15) is 4.79 Å². The first kappa shape index (κ1) is 13.9. The molecule has 0 aromatic carbocycles. The SMILES string of the molecule is CC(S)C(=O)NC1CC(C)(C)CC(C)(C)C1. The largest absolute Gasteiger partial charge is 0.352 e. The van der Waals surface area contributed by atoms with Gasteiger partial charge in [-0.15, -0.1) is 0 Å². The Kier molecular flexibility index (Phi) is 3.99. The maximum atomic E-state index is 11.6. The number of carbonyl (C=O) groups is 1. The summed E-state index contributed by atoms with van der Waals surface area (Å²) in [4.78, 5) is 11.6. The van der Waals surface area contributed by atoms with Crippen molar-refractivity contribution in [3.63, 3.8) is 0 Å². The van der Waals surface area contributed by atoms with Crippen LogP contribution in [-0.4, -0.2) is 17.2 Å². The van der Waals surface area contributed by atoms with Crippen molar-refractivity contribution in [3.8, 4) is 0 Å². The van der Waals surface area contributed by atoms with E-state index < -0.39 is 0 Å². The molecule has 0 aromatic rings. The topological polar surface area (TPSA) is 29.1 Å². The van der Waals surface area contributed by atoms with Gasteiger partial charge in [0.05, 0.1) is 5.25 Å². The Morgan fingerprint density at radius 3 is 2.06 bits per heavy atom. The van der Waals surface area contributed by atoms with Crippen LogP contribution < -0.4 is 5.32 Å². The summed E-state index contributed by atoms with van der Waals surface area (Å²) in [7, 11) is 0. The van der Waals surface area contributed by atoms with Crippen LogP contribution in [0.25, 0.3) is 0 Å². The van der Waals surface area contributed by atoms with E-state index in [0.717, 1.165) is 12.8 Å². The lowest BCUT2D eigenvalue weighted by atomic mass is 9.63. The predicted molar refractivity (Wildman–Crippen MR) is 71.8 cm³/mol. The Hall–Kier alpha value is -0.180. The van der Waals surface area contributed by atoms with E-state index in [0.29, 0.717) is 16.9 Å². The molecular weight excluding hydrogens is 218 g/mol. The van der Waals surface area contributed by atoms with Crippen LogP contribution >= 0.6 is 12.6 Å². The number of nitrogens with one attached hydrogen (secondary N) is 1. The third kappa shape index (κ3) is 4.00. The summed E-state index contributed by atoms with van der Waals surface area (Å²) in [5.41, 5.74) is 0.638. The van der Waals surface area contributed by atoms with Crippen molar-refractivity contribution in [3.05, 3.63) is 0 Å². The summed E-state index contributed by atoms with van der Waals surface area (Å²) in [6.45, 7) is 11.0. The maximum absolute atomic E-state index is 11.6. The van der Waals surface area contributed by atoms with Gasteiger partial charge in [0.15, 0.2) is 0 Å². The van der Waals surface area contributed by atoms with Gasteiger partial charge in [0.2, 0.25) is 5.91 Å². The molecule has 0 heterocycles. The van der Waals surface area contributed by atoms with Crippen LogP contribution in [0.1, 0.15) is 53.9 Å². The lowest BCUT2D eigenvalue weighted by Gasteiger charge is -2.45. The average Bonchev–Trinajstić information content (AvgIpc) is 1.96. The third-order valence-corrected chi connectivity index (χ3v) is 3.52. The minimum atomic E-state index is -0.215. The van der Waals surface area contributed by atoms with Crippen molar-refractivity contribution in [1.29, 1.82) is 0 Å². The molecule has 0 saturated heterocycles. The van der Waals surface area contributed by atoms with Gasteiger partial charge in [-0.2, -0.15) is 12.6 Å². The van der Waals surface area contributed by atoms with E-state index in [1.165, 1.54) is 6.42 Å². The first-order chi connectivity index (χ1) is 7.11. The zero-order valence-electron chi connectivity index (χ0n) is 11.1. The van der Waals surface area contributed by atoms with Gasteiger partial charge in [0, 0.05) is 6.04 Å². The molecular formula is C13H25NOS. The van der Waals surface area contributed by atoms with Crippen LogP contribution in [0.3, 0.4) is 0 Å². The molecule has 1 atom stereocenters. The zero-order chi connectivity index (χ0) is 12.6. The second-order valence-electron chi connectivity index (χ2n) is 6.79. The maximum Gasteiger partial charge on any atom is 0.232 e. The molecule has 1 fully saturated rings. The first-order valence-corrected chi connectivity index (χ1v) is 6.61. The van der Waals surface area contributed by atoms with Crippen LogP contribution in [0, 0.1) is 10.8 Å². The van der Waals surface area contributed by atoms with Crippen molar-refractivity contribution in [2.24, 2.45) is 10.8 Å². The molecule has 1 unspecified atom stereocenters. The van der Waals surface area contributed by atoms with Crippen molar-refractivity contribution in [2.75, 3.05) is 0 Å². The number of thiol groups is 1. The van der Waals surface area contributed by atoms with Gasteiger partial charge in [-0.25, -0.2) is 0 Å². The van der Waals surface area contributed by atoms with Crippen LogP contribution in [0.15, 0.2) is 0 Å². The highest BCUT2D eigenvalue weighted by molar-refractivity contribution is 7.81. The monoisotopic (exact) mass is 243 g/mol. The molecule has 1 saturated carbocycles. The highest BCUT2D eigenvalue weighted by Crippen LogP contribution is 2.45. The fourth-order valence-electron chi connectivity index (χ4n) is 3.27. The van der Waals surface area contributed by atoms with Gasteiger partial charge < -0.3 is 5.32 Å². The van der Waals surface area contributed by atoms with Gasteiger partial charge in [-0.3, -0.25) is 4.79 Å². The van der Waals surface area contributed by atoms with Crippen molar-refractivity contribution in [2.45, 2.75) is 65.2 Å². The Bertz CT molecular complexity index is 255. The van der Waals surface area contributed by atoms with E-state index in [2.05, 4.69) is 45.6 Å². The summed E-state index contributed by atoms with van der Waals surface area (Å²) >= 11 is 4.17. The first-order valence-electron chi connectivity index (χ1n) is 6.10. The second kappa shape index (κ2) is 4.59. The number of hydrogen-bond acceptors (Lipinski definition) is 2. The molecule has 1 rings (SSSR count). The summed E-state index contributed by atoms with van der Waals surface area (Å²) in [5.74, 6) is 0.0573. The van der Waals surface area contributed by atoms with Gasteiger partial charge in [-0.05, 0) is 37.0 Å². The fourth-order valence-corrected chi connectivity index (χ4v) is 3.34. The molecule has 1 N–H and O–H groups in total. The van der Waals surface area contributed by atoms with E-state index in [1.807, 2.05) is 6.92 Å². The van der Waals surface area contributed by atoms with Crippen LogP contribution in [0.5, 0.6) is 0 Å². The Morgan fingerprint density at radius 2 is 1.69 bits per heavy atom. The molecule has 2 nitrogen and oxygen atoms in total. The van der Waals surface area contributed by atoms with E-state index in [-0.39, 0.29) is 11.2 Å². The van der Waals surface area contributed by atoms with Crippen LogP contribution in [-0.2, 0) is 4.79 Å². The summed E-state index contributed by atoms with van der Waals surface area (Å²) < 4.78 is 0. The lowest BCUT2D eigenvalue weighted by Crippen LogP contribution is -2.47.